The summed E-state index contributed by atoms with van der Waals surface area (Å²) in [5.41, 5.74) is 3.65. The molecule has 0 spiro atoms. The van der Waals surface area contributed by atoms with Gasteiger partial charge in [-0.1, -0.05) is 13.3 Å². The van der Waals surface area contributed by atoms with Crippen LogP contribution in [0.1, 0.15) is 54.7 Å². The number of benzene rings is 1. The average molecular weight is 412 g/mol. The molecule has 1 aliphatic carbocycles. The number of amides is 1. The summed E-state index contributed by atoms with van der Waals surface area (Å²) < 4.78 is 13.6. The quantitative estimate of drug-likeness (QED) is 0.766. The van der Waals surface area contributed by atoms with Crippen molar-refractivity contribution in [3.63, 3.8) is 0 Å². The number of rotatable bonds is 4. The fourth-order valence-electron chi connectivity index (χ4n) is 4.56. The van der Waals surface area contributed by atoms with Gasteiger partial charge in [0.1, 0.15) is 16.9 Å². The monoisotopic (exact) mass is 411 g/mol. The Morgan fingerprint density at radius 1 is 1.38 bits per heavy atom. The van der Waals surface area contributed by atoms with Gasteiger partial charge in [0.25, 0.3) is 0 Å². The smallest absolute Gasteiger partial charge is 0.244 e. The summed E-state index contributed by atoms with van der Waals surface area (Å²) in [6, 6.07) is 7.31. The zero-order valence-electron chi connectivity index (χ0n) is 16.9. The van der Waals surface area contributed by atoms with E-state index in [2.05, 4.69) is 25.2 Å². The molecule has 0 saturated heterocycles. The molecule has 0 radical (unpaired) electrons. The number of nitrogens with zero attached hydrogens (tertiary/aromatic N) is 2. The largest absolute Gasteiger partial charge is 0.359 e. The minimum atomic E-state index is -0.240. The maximum absolute atomic E-state index is 13.6. The second-order valence-electron chi connectivity index (χ2n) is 8.17. The molecule has 1 N–H and O–H groups in total. The number of hydrogen-bond acceptors (Lipinski definition) is 4. The Hall–Kier alpha value is -2.39. The van der Waals surface area contributed by atoms with Gasteiger partial charge in [0.15, 0.2) is 0 Å². The molecule has 1 aliphatic heterocycles. The molecule has 2 aliphatic rings. The minimum Gasteiger partial charge on any atom is -0.359 e. The fraction of sp³-hybridized carbons (Fsp3) is 0.478. The van der Waals surface area contributed by atoms with Crippen LogP contribution in [0.3, 0.4) is 0 Å². The number of thiophene rings is 1. The lowest BCUT2D eigenvalue weighted by atomic mass is 9.86. The molecule has 0 saturated carbocycles. The third kappa shape index (κ3) is 3.89. The molecule has 2 atom stereocenters. The van der Waals surface area contributed by atoms with Crippen molar-refractivity contribution in [2.75, 3.05) is 16.8 Å². The van der Waals surface area contributed by atoms with Gasteiger partial charge in [-0.25, -0.2) is 4.39 Å². The van der Waals surface area contributed by atoms with Crippen LogP contribution in [0.2, 0.25) is 0 Å². The number of carbonyl (C=O) groups excluding carboxylic acids is 1. The highest BCUT2D eigenvalue weighted by atomic mass is 32.1. The lowest BCUT2D eigenvalue weighted by molar-refractivity contribution is -0.115. The zero-order valence-corrected chi connectivity index (χ0v) is 17.7. The highest BCUT2D eigenvalue weighted by molar-refractivity contribution is 7.16. The lowest BCUT2D eigenvalue weighted by Gasteiger charge is -2.36. The SMILES string of the molecule is CCC1CCc2c(sc(NC(=O)CN3c4ccc(F)cc4CCC3C)c2C#N)C1. The Morgan fingerprint density at radius 3 is 2.97 bits per heavy atom. The Morgan fingerprint density at radius 2 is 2.21 bits per heavy atom. The van der Waals surface area contributed by atoms with Crippen LogP contribution in [0.5, 0.6) is 0 Å². The maximum atomic E-state index is 13.6. The fourth-order valence-corrected chi connectivity index (χ4v) is 5.89. The van der Waals surface area contributed by atoms with E-state index in [1.807, 2.05) is 4.90 Å². The molecule has 4 rings (SSSR count). The van der Waals surface area contributed by atoms with Crippen molar-refractivity contribution in [2.45, 2.75) is 58.4 Å². The first-order chi connectivity index (χ1) is 14.0. The summed E-state index contributed by atoms with van der Waals surface area (Å²) >= 11 is 1.56. The molecule has 6 heteroatoms. The van der Waals surface area contributed by atoms with Crippen molar-refractivity contribution in [2.24, 2.45) is 5.92 Å². The van der Waals surface area contributed by atoms with Crippen LogP contribution in [-0.4, -0.2) is 18.5 Å². The summed E-state index contributed by atoms with van der Waals surface area (Å²) in [5.74, 6) is 0.300. The topological polar surface area (TPSA) is 56.1 Å². The second kappa shape index (κ2) is 8.16. The number of fused-ring (bicyclic) bond motifs is 2. The molecule has 1 amide bonds. The van der Waals surface area contributed by atoms with E-state index in [1.165, 1.54) is 10.9 Å². The molecule has 2 unspecified atom stereocenters. The van der Waals surface area contributed by atoms with Crippen LogP contribution < -0.4 is 10.2 Å². The second-order valence-corrected chi connectivity index (χ2v) is 9.28. The van der Waals surface area contributed by atoms with Gasteiger partial charge in [0.05, 0.1) is 12.1 Å². The minimum absolute atomic E-state index is 0.129. The standard InChI is InChI=1S/C23H26FN3OS/c1-3-15-5-8-18-19(12-25)23(29-21(18)10-15)26-22(28)13-27-14(2)4-6-16-11-17(24)7-9-20(16)27/h7,9,11,14-15H,3-6,8,10,13H2,1-2H3,(H,26,28). The Kier molecular flexibility index (Phi) is 5.60. The number of halogens is 1. The third-order valence-electron chi connectivity index (χ3n) is 6.34. The first-order valence-electron chi connectivity index (χ1n) is 10.4. The zero-order chi connectivity index (χ0) is 20.5. The number of nitrogens with one attached hydrogen (secondary N) is 1. The maximum Gasteiger partial charge on any atom is 0.244 e. The summed E-state index contributed by atoms with van der Waals surface area (Å²) in [5, 5.41) is 13.4. The van der Waals surface area contributed by atoms with E-state index in [9.17, 15) is 14.4 Å². The van der Waals surface area contributed by atoms with Crippen molar-refractivity contribution < 1.29 is 9.18 Å². The van der Waals surface area contributed by atoms with E-state index in [1.54, 1.807) is 23.5 Å². The first-order valence-corrected chi connectivity index (χ1v) is 11.2. The highest BCUT2D eigenvalue weighted by Crippen LogP contribution is 2.40. The van der Waals surface area contributed by atoms with E-state index in [0.29, 0.717) is 16.5 Å². The van der Waals surface area contributed by atoms with Gasteiger partial charge in [-0.05, 0) is 74.3 Å². The van der Waals surface area contributed by atoms with Gasteiger partial charge < -0.3 is 10.2 Å². The number of hydrogen-bond donors (Lipinski definition) is 1. The van der Waals surface area contributed by atoms with Crippen molar-refractivity contribution in [1.29, 1.82) is 5.26 Å². The summed E-state index contributed by atoms with van der Waals surface area (Å²) in [6.07, 6.45) is 5.89. The van der Waals surface area contributed by atoms with Gasteiger partial charge >= 0.3 is 0 Å². The van der Waals surface area contributed by atoms with E-state index >= 15 is 0 Å². The summed E-state index contributed by atoms with van der Waals surface area (Å²) in [4.78, 5) is 16.2. The van der Waals surface area contributed by atoms with Crippen molar-refractivity contribution >= 4 is 27.9 Å². The number of nitriles is 1. The normalized spacial score (nSPS) is 20.6. The van der Waals surface area contributed by atoms with E-state index in [4.69, 9.17) is 0 Å². The van der Waals surface area contributed by atoms with E-state index in [-0.39, 0.29) is 24.3 Å². The van der Waals surface area contributed by atoms with Crippen LogP contribution in [0, 0.1) is 23.1 Å². The van der Waals surface area contributed by atoms with Gasteiger partial charge in [-0.15, -0.1) is 11.3 Å². The molecule has 1 aromatic carbocycles. The number of carbonyl (C=O) groups is 1. The number of anilines is 2. The van der Waals surface area contributed by atoms with Gasteiger partial charge in [0, 0.05) is 16.6 Å². The van der Waals surface area contributed by atoms with E-state index in [0.717, 1.165) is 55.3 Å². The van der Waals surface area contributed by atoms with Crippen molar-refractivity contribution in [3.05, 3.63) is 45.6 Å². The van der Waals surface area contributed by atoms with Crippen molar-refractivity contribution in [1.82, 2.24) is 0 Å². The van der Waals surface area contributed by atoms with Gasteiger partial charge in [-0.3, -0.25) is 4.79 Å². The molecule has 2 aromatic rings. The van der Waals surface area contributed by atoms with Crippen LogP contribution in [0.15, 0.2) is 18.2 Å². The molecule has 152 valence electrons. The molecular weight excluding hydrogens is 385 g/mol. The Balaban J connectivity index is 1.53. The van der Waals surface area contributed by atoms with Crippen LogP contribution in [0.25, 0.3) is 0 Å². The van der Waals surface area contributed by atoms with Crippen molar-refractivity contribution in [3.8, 4) is 6.07 Å². The van der Waals surface area contributed by atoms with E-state index < -0.39 is 0 Å². The average Bonchev–Trinajstić information content (AvgIpc) is 3.05. The predicted molar refractivity (Wildman–Crippen MR) is 115 cm³/mol. The third-order valence-corrected chi connectivity index (χ3v) is 7.51. The summed E-state index contributed by atoms with van der Waals surface area (Å²) in [6.45, 7) is 4.50. The molecule has 29 heavy (non-hydrogen) atoms. The van der Waals surface area contributed by atoms with Gasteiger partial charge in [0.2, 0.25) is 5.91 Å². The molecule has 0 bridgehead atoms. The lowest BCUT2D eigenvalue weighted by Crippen LogP contribution is -2.42. The highest BCUT2D eigenvalue weighted by Gasteiger charge is 2.28. The summed E-state index contributed by atoms with van der Waals surface area (Å²) in [7, 11) is 0. The van der Waals surface area contributed by atoms with Crippen LogP contribution in [-0.2, 0) is 24.1 Å². The molecule has 1 aromatic heterocycles. The van der Waals surface area contributed by atoms with Crippen LogP contribution >= 0.6 is 11.3 Å². The first kappa shape index (κ1) is 19.9. The predicted octanol–water partition coefficient (Wildman–Crippen LogP) is 5.05. The van der Waals surface area contributed by atoms with Crippen LogP contribution in [0.4, 0.5) is 15.1 Å². The van der Waals surface area contributed by atoms with Gasteiger partial charge in [-0.2, -0.15) is 5.26 Å². The molecule has 4 nitrogen and oxygen atoms in total. The number of aryl methyl sites for hydroxylation is 1. The molecule has 2 heterocycles. The Labute approximate surface area is 175 Å². The molecule has 0 fully saturated rings. The molecular formula is C23H26FN3OS. The Bertz CT molecular complexity index is 977.